The van der Waals surface area contributed by atoms with Crippen LogP contribution in [0, 0.1) is 5.92 Å². The zero-order chi connectivity index (χ0) is 9.47. The fourth-order valence-corrected chi connectivity index (χ4v) is 5.59. The molecule has 72 valence electrons. The maximum absolute atomic E-state index is 6.06. The van der Waals surface area contributed by atoms with E-state index in [1.165, 1.54) is 12.0 Å². The molecule has 2 aliphatic carbocycles. The Labute approximate surface area is 93.7 Å². The predicted octanol–water partition coefficient (Wildman–Crippen LogP) is 4.31. The van der Waals surface area contributed by atoms with Gasteiger partial charge in [-0.05, 0) is 25.2 Å². The summed E-state index contributed by atoms with van der Waals surface area (Å²) in [7, 11) is 0. The summed E-state index contributed by atoms with van der Waals surface area (Å²) in [5.41, 5.74) is 1.67. The molecule has 0 aromatic carbocycles. The van der Waals surface area contributed by atoms with Gasteiger partial charge in [-0.25, -0.2) is 0 Å². The lowest BCUT2D eigenvalue weighted by Crippen LogP contribution is -2.19. The first kappa shape index (κ1) is 10.1. The molecular weight excluding hydrogens is 243 g/mol. The summed E-state index contributed by atoms with van der Waals surface area (Å²) in [4.78, 5) is 0. The van der Waals surface area contributed by atoms with E-state index >= 15 is 0 Å². The molecule has 0 bridgehead atoms. The Hall–Kier alpha value is 0.567. The van der Waals surface area contributed by atoms with Gasteiger partial charge < -0.3 is 0 Å². The van der Waals surface area contributed by atoms with Gasteiger partial charge in [0.25, 0.3) is 0 Å². The van der Waals surface area contributed by atoms with Gasteiger partial charge in [-0.2, -0.15) is 0 Å². The van der Waals surface area contributed by atoms with E-state index in [0.29, 0.717) is 5.92 Å². The first-order chi connectivity index (χ1) is 6.09. The fraction of sp³-hybridized carbons (Fsp3) is 0.556. The number of hydrogen-bond donors (Lipinski definition) is 0. The van der Waals surface area contributed by atoms with Crippen molar-refractivity contribution in [2.75, 3.05) is 0 Å². The SMILES string of the molecule is Cl[Si](Cl)(Cl)C1CCC2CC=CC=C21. The monoisotopic (exact) mass is 252 g/mol. The zero-order valence-corrected chi connectivity index (χ0v) is 10.4. The molecule has 2 atom stereocenters. The van der Waals surface area contributed by atoms with Gasteiger partial charge in [0.2, 0.25) is 0 Å². The van der Waals surface area contributed by atoms with Crippen LogP contribution in [0.1, 0.15) is 19.3 Å². The van der Waals surface area contributed by atoms with E-state index in [-0.39, 0.29) is 5.54 Å². The molecule has 2 aliphatic rings. The van der Waals surface area contributed by atoms with Crippen LogP contribution in [0.5, 0.6) is 0 Å². The molecule has 0 aliphatic heterocycles. The molecule has 1 fully saturated rings. The van der Waals surface area contributed by atoms with E-state index in [2.05, 4.69) is 18.2 Å². The third kappa shape index (κ3) is 1.99. The molecule has 0 amide bonds. The van der Waals surface area contributed by atoms with E-state index in [9.17, 15) is 0 Å². The summed E-state index contributed by atoms with van der Waals surface area (Å²) in [6, 6.07) is -2.52. The molecule has 0 nitrogen and oxygen atoms in total. The van der Waals surface area contributed by atoms with Crippen molar-refractivity contribution in [3.63, 3.8) is 0 Å². The third-order valence-corrected chi connectivity index (χ3v) is 6.70. The van der Waals surface area contributed by atoms with Gasteiger partial charge in [0.05, 0.1) is 0 Å². The first-order valence-corrected chi connectivity index (χ1v) is 9.63. The molecule has 0 heterocycles. The molecule has 0 aromatic heterocycles. The van der Waals surface area contributed by atoms with Crippen LogP contribution in [0.25, 0.3) is 0 Å². The molecule has 2 unspecified atom stereocenters. The quantitative estimate of drug-likeness (QED) is 0.483. The van der Waals surface area contributed by atoms with Crippen LogP contribution in [0.15, 0.2) is 23.8 Å². The van der Waals surface area contributed by atoms with E-state index in [1.54, 1.807) is 0 Å². The molecule has 0 saturated heterocycles. The van der Waals surface area contributed by atoms with E-state index in [1.807, 2.05) is 0 Å². The smallest absolute Gasteiger partial charge is 0.125 e. The van der Waals surface area contributed by atoms with Crippen molar-refractivity contribution < 1.29 is 0 Å². The highest BCUT2D eigenvalue weighted by Gasteiger charge is 2.44. The lowest BCUT2D eigenvalue weighted by atomic mass is 9.95. The maximum atomic E-state index is 6.06. The average Bonchev–Trinajstić information content (AvgIpc) is 2.45. The molecule has 0 N–H and O–H groups in total. The lowest BCUT2D eigenvalue weighted by Gasteiger charge is -2.21. The van der Waals surface area contributed by atoms with Gasteiger partial charge in [-0.15, -0.1) is 33.2 Å². The molecule has 13 heavy (non-hydrogen) atoms. The summed E-state index contributed by atoms with van der Waals surface area (Å²) in [5, 5.41) is 0. The number of allylic oxidation sites excluding steroid dienone is 4. The van der Waals surface area contributed by atoms with Crippen LogP contribution in [0.2, 0.25) is 5.54 Å². The van der Waals surface area contributed by atoms with Crippen LogP contribution in [-0.4, -0.2) is 6.00 Å². The summed E-state index contributed by atoms with van der Waals surface area (Å²) in [6.45, 7) is 0. The molecule has 2 rings (SSSR count). The predicted molar refractivity (Wildman–Crippen MR) is 61.6 cm³/mol. The highest BCUT2D eigenvalue weighted by atomic mass is 35.8. The van der Waals surface area contributed by atoms with Gasteiger partial charge in [-0.3, -0.25) is 0 Å². The standard InChI is InChI=1S/C9H11Cl3Si/c10-13(11,12)9-6-5-7-3-1-2-4-8(7)9/h1-2,4,7,9H,3,5-6H2. The minimum Gasteiger partial charge on any atom is -0.125 e. The second-order valence-corrected chi connectivity index (χ2v) is 12.6. The van der Waals surface area contributed by atoms with Gasteiger partial charge in [-0.1, -0.05) is 23.8 Å². The van der Waals surface area contributed by atoms with Crippen molar-refractivity contribution >= 4 is 39.2 Å². The summed E-state index contributed by atoms with van der Waals surface area (Å²) in [5.74, 6) is 0.665. The molecular formula is C9H11Cl3Si. The van der Waals surface area contributed by atoms with E-state index in [0.717, 1.165) is 12.8 Å². The van der Waals surface area contributed by atoms with Crippen molar-refractivity contribution in [1.82, 2.24) is 0 Å². The normalized spacial score (nSPS) is 33.0. The topological polar surface area (TPSA) is 0 Å². The highest BCUT2D eigenvalue weighted by Crippen LogP contribution is 2.52. The summed E-state index contributed by atoms with van der Waals surface area (Å²) < 4.78 is 0. The second-order valence-electron chi connectivity index (χ2n) is 3.70. The zero-order valence-electron chi connectivity index (χ0n) is 7.14. The maximum Gasteiger partial charge on any atom is 0.348 e. The molecule has 0 aromatic rings. The van der Waals surface area contributed by atoms with Crippen LogP contribution >= 0.6 is 33.2 Å². The van der Waals surface area contributed by atoms with E-state index in [4.69, 9.17) is 33.2 Å². The number of halogens is 3. The Bertz CT molecular complexity index is 265. The highest BCUT2D eigenvalue weighted by molar-refractivity contribution is 7.65. The van der Waals surface area contributed by atoms with Gasteiger partial charge in [0.15, 0.2) is 0 Å². The molecule has 0 spiro atoms. The van der Waals surface area contributed by atoms with Gasteiger partial charge >= 0.3 is 6.00 Å². The van der Waals surface area contributed by atoms with Crippen LogP contribution in [-0.2, 0) is 0 Å². The van der Waals surface area contributed by atoms with Crippen molar-refractivity contribution in [2.24, 2.45) is 5.92 Å². The summed E-state index contributed by atoms with van der Waals surface area (Å²) in [6.07, 6.45) is 9.85. The van der Waals surface area contributed by atoms with Gasteiger partial charge in [0, 0.05) is 5.54 Å². The van der Waals surface area contributed by atoms with Crippen molar-refractivity contribution in [2.45, 2.75) is 24.8 Å². The number of rotatable bonds is 1. The summed E-state index contributed by atoms with van der Waals surface area (Å²) >= 11 is 18.2. The Balaban J connectivity index is 2.24. The van der Waals surface area contributed by atoms with Crippen LogP contribution < -0.4 is 0 Å². The fourth-order valence-electron chi connectivity index (χ4n) is 2.27. The number of fused-ring (bicyclic) bond motifs is 1. The van der Waals surface area contributed by atoms with Crippen molar-refractivity contribution in [3.05, 3.63) is 23.8 Å². The Morgan fingerprint density at radius 1 is 1.23 bits per heavy atom. The minimum absolute atomic E-state index is 0.271. The average molecular weight is 254 g/mol. The Morgan fingerprint density at radius 3 is 2.69 bits per heavy atom. The van der Waals surface area contributed by atoms with Gasteiger partial charge in [0.1, 0.15) is 0 Å². The van der Waals surface area contributed by atoms with Crippen LogP contribution in [0.3, 0.4) is 0 Å². The molecule has 1 saturated carbocycles. The van der Waals surface area contributed by atoms with Crippen molar-refractivity contribution in [3.8, 4) is 0 Å². The molecule has 4 heteroatoms. The molecule has 0 radical (unpaired) electrons. The first-order valence-electron chi connectivity index (χ1n) is 4.52. The third-order valence-electron chi connectivity index (χ3n) is 2.92. The van der Waals surface area contributed by atoms with Crippen molar-refractivity contribution in [1.29, 1.82) is 0 Å². The second kappa shape index (κ2) is 3.61. The minimum atomic E-state index is -2.52. The lowest BCUT2D eigenvalue weighted by molar-refractivity contribution is 0.633. The van der Waals surface area contributed by atoms with E-state index < -0.39 is 6.00 Å². The van der Waals surface area contributed by atoms with Crippen LogP contribution in [0.4, 0.5) is 0 Å². The Morgan fingerprint density at radius 2 is 2.00 bits per heavy atom. The Kier molecular flexibility index (Phi) is 2.81. The number of hydrogen-bond acceptors (Lipinski definition) is 0. The largest absolute Gasteiger partial charge is 0.348 e.